The van der Waals surface area contributed by atoms with Gasteiger partial charge in [-0.1, -0.05) is 25.2 Å². The van der Waals surface area contributed by atoms with E-state index in [0.29, 0.717) is 6.04 Å². The number of thiazole rings is 1. The van der Waals surface area contributed by atoms with Gasteiger partial charge in [-0.2, -0.15) is 0 Å². The van der Waals surface area contributed by atoms with E-state index in [2.05, 4.69) is 23.7 Å². The predicted molar refractivity (Wildman–Crippen MR) is 73.7 cm³/mol. The molecular formula is C13H20N2O2S. The van der Waals surface area contributed by atoms with E-state index in [0.717, 1.165) is 48.0 Å². The molecule has 0 amide bonds. The Bertz CT molecular complexity index is 419. The molecule has 0 aliphatic carbocycles. The molecule has 100 valence electrons. The number of nitrogens with zero attached hydrogens (tertiary/aromatic N) is 2. The van der Waals surface area contributed by atoms with E-state index < -0.39 is 0 Å². The highest BCUT2D eigenvalue weighted by atomic mass is 32.1. The molecule has 0 spiro atoms. The van der Waals surface area contributed by atoms with E-state index in [1.165, 1.54) is 11.3 Å². The van der Waals surface area contributed by atoms with Crippen LogP contribution >= 0.6 is 11.3 Å². The molecule has 1 fully saturated rings. The molecule has 5 heteroatoms. The highest BCUT2D eigenvalue weighted by molar-refractivity contribution is 7.17. The van der Waals surface area contributed by atoms with Crippen molar-refractivity contribution >= 4 is 22.8 Å². The second-order valence-corrected chi connectivity index (χ2v) is 5.65. The molecule has 4 nitrogen and oxygen atoms in total. The van der Waals surface area contributed by atoms with Crippen molar-refractivity contribution in [2.45, 2.75) is 45.8 Å². The molecule has 1 aliphatic rings. The Balaban J connectivity index is 2.27. The van der Waals surface area contributed by atoms with Crippen LogP contribution in [0.4, 0.5) is 5.13 Å². The molecule has 0 radical (unpaired) electrons. The molecule has 2 rings (SSSR count). The zero-order valence-corrected chi connectivity index (χ0v) is 12.0. The van der Waals surface area contributed by atoms with Crippen molar-refractivity contribution in [1.29, 1.82) is 0 Å². The van der Waals surface area contributed by atoms with Crippen molar-refractivity contribution in [3.63, 3.8) is 0 Å². The number of carbonyl (C=O) groups excluding carboxylic acids is 1. The smallest absolute Gasteiger partial charge is 0.186 e. The van der Waals surface area contributed by atoms with Gasteiger partial charge in [-0.15, -0.1) is 0 Å². The maximum atomic E-state index is 11.0. The number of aromatic nitrogens is 1. The first kappa shape index (κ1) is 13.5. The van der Waals surface area contributed by atoms with Crippen LogP contribution in [0.5, 0.6) is 0 Å². The normalized spacial score (nSPS) is 24.3. The van der Waals surface area contributed by atoms with Crippen LogP contribution < -0.4 is 4.90 Å². The van der Waals surface area contributed by atoms with Gasteiger partial charge in [-0.05, 0) is 19.8 Å². The summed E-state index contributed by atoms with van der Waals surface area (Å²) in [7, 11) is 0. The summed E-state index contributed by atoms with van der Waals surface area (Å²) in [6.07, 6.45) is 2.98. The van der Waals surface area contributed by atoms with Gasteiger partial charge in [-0.25, -0.2) is 4.98 Å². The maximum absolute atomic E-state index is 11.0. The summed E-state index contributed by atoms with van der Waals surface area (Å²) >= 11 is 1.50. The van der Waals surface area contributed by atoms with Gasteiger partial charge < -0.3 is 9.64 Å². The van der Waals surface area contributed by atoms with E-state index >= 15 is 0 Å². The molecule has 2 heterocycles. The molecule has 0 bridgehead atoms. The zero-order valence-electron chi connectivity index (χ0n) is 11.2. The molecule has 1 saturated heterocycles. The first-order valence-corrected chi connectivity index (χ1v) is 7.34. The van der Waals surface area contributed by atoms with E-state index in [1.807, 2.05) is 6.92 Å². The van der Waals surface area contributed by atoms with Gasteiger partial charge in [0.15, 0.2) is 11.4 Å². The number of morpholine rings is 1. The summed E-state index contributed by atoms with van der Waals surface area (Å²) < 4.78 is 5.69. The summed E-state index contributed by atoms with van der Waals surface area (Å²) in [6, 6.07) is 0.372. The lowest BCUT2D eigenvalue weighted by Crippen LogP contribution is -2.48. The van der Waals surface area contributed by atoms with Crippen LogP contribution in [0.15, 0.2) is 0 Å². The van der Waals surface area contributed by atoms with Crippen LogP contribution in [0.2, 0.25) is 0 Å². The lowest BCUT2D eigenvalue weighted by atomic mass is 10.1. The fourth-order valence-electron chi connectivity index (χ4n) is 2.24. The average Bonchev–Trinajstić information content (AvgIpc) is 2.81. The topological polar surface area (TPSA) is 42.4 Å². The number of aryl methyl sites for hydroxylation is 1. The van der Waals surface area contributed by atoms with Crippen LogP contribution in [0.25, 0.3) is 0 Å². The van der Waals surface area contributed by atoms with Crippen LogP contribution in [-0.2, 0) is 11.2 Å². The SMILES string of the molecule is CCc1nc(N2CC(C)OCC2CC)sc1C=O. The Labute approximate surface area is 112 Å². The van der Waals surface area contributed by atoms with Crippen LogP contribution in [0, 0.1) is 0 Å². The van der Waals surface area contributed by atoms with Crippen molar-refractivity contribution in [2.24, 2.45) is 0 Å². The lowest BCUT2D eigenvalue weighted by molar-refractivity contribution is 0.0299. The summed E-state index contributed by atoms with van der Waals surface area (Å²) in [5, 5.41) is 0.968. The molecule has 2 atom stereocenters. The Morgan fingerprint density at radius 2 is 2.33 bits per heavy atom. The van der Waals surface area contributed by atoms with Gasteiger partial charge >= 0.3 is 0 Å². The highest BCUT2D eigenvalue weighted by Crippen LogP contribution is 2.30. The van der Waals surface area contributed by atoms with Crippen LogP contribution in [-0.4, -0.2) is 36.6 Å². The van der Waals surface area contributed by atoms with E-state index in [1.54, 1.807) is 0 Å². The number of carbonyl (C=O) groups is 1. The Morgan fingerprint density at radius 3 is 2.89 bits per heavy atom. The Morgan fingerprint density at radius 1 is 1.56 bits per heavy atom. The molecule has 1 aromatic heterocycles. The van der Waals surface area contributed by atoms with Crippen molar-refractivity contribution < 1.29 is 9.53 Å². The average molecular weight is 268 g/mol. The quantitative estimate of drug-likeness (QED) is 0.787. The first-order chi connectivity index (χ1) is 8.69. The van der Waals surface area contributed by atoms with Crippen molar-refractivity contribution in [1.82, 2.24) is 4.98 Å². The van der Waals surface area contributed by atoms with Crippen LogP contribution in [0.1, 0.15) is 42.6 Å². The minimum absolute atomic E-state index is 0.224. The molecule has 18 heavy (non-hydrogen) atoms. The highest BCUT2D eigenvalue weighted by Gasteiger charge is 2.28. The van der Waals surface area contributed by atoms with Crippen molar-refractivity contribution in [3.8, 4) is 0 Å². The largest absolute Gasteiger partial charge is 0.375 e. The third kappa shape index (κ3) is 2.57. The standard InChI is InChI=1S/C13H20N2O2S/c1-4-10-8-17-9(3)6-15(10)13-14-11(5-2)12(7-16)18-13/h7,9-10H,4-6,8H2,1-3H3. The monoisotopic (exact) mass is 268 g/mol. The first-order valence-electron chi connectivity index (χ1n) is 6.52. The number of hydrogen-bond acceptors (Lipinski definition) is 5. The number of aldehydes is 1. The number of ether oxygens (including phenoxy) is 1. The summed E-state index contributed by atoms with van der Waals surface area (Å²) in [5.41, 5.74) is 0.916. The fourth-order valence-corrected chi connectivity index (χ4v) is 3.28. The van der Waals surface area contributed by atoms with Gasteiger partial charge in [0, 0.05) is 6.54 Å². The van der Waals surface area contributed by atoms with Crippen molar-refractivity contribution in [3.05, 3.63) is 10.6 Å². The van der Waals surface area contributed by atoms with E-state index in [-0.39, 0.29) is 6.10 Å². The summed E-state index contributed by atoms with van der Waals surface area (Å²) in [5.74, 6) is 0. The lowest BCUT2D eigenvalue weighted by Gasteiger charge is -2.38. The minimum Gasteiger partial charge on any atom is -0.375 e. The molecular weight excluding hydrogens is 248 g/mol. The predicted octanol–water partition coefficient (Wildman–Crippen LogP) is 2.52. The maximum Gasteiger partial charge on any atom is 0.186 e. The van der Waals surface area contributed by atoms with Gasteiger partial charge in [0.25, 0.3) is 0 Å². The van der Waals surface area contributed by atoms with Gasteiger partial charge in [0.2, 0.25) is 0 Å². The minimum atomic E-state index is 0.224. The number of hydrogen-bond donors (Lipinski definition) is 0. The van der Waals surface area contributed by atoms with Gasteiger partial charge in [-0.3, -0.25) is 4.79 Å². The summed E-state index contributed by atoms with van der Waals surface area (Å²) in [6.45, 7) is 7.87. The fraction of sp³-hybridized carbons (Fsp3) is 0.692. The second-order valence-electron chi connectivity index (χ2n) is 4.64. The number of rotatable bonds is 4. The third-order valence-corrected chi connectivity index (χ3v) is 4.40. The van der Waals surface area contributed by atoms with Gasteiger partial charge in [0.1, 0.15) is 0 Å². The molecule has 1 aromatic rings. The molecule has 0 aromatic carbocycles. The van der Waals surface area contributed by atoms with E-state index in [4.69, 9.17) is 4.74 Å². The second kappa shape index (κ2) is 5.80. The Kier molecular flexibility index (Phi) is 4.35. The van der Waals surface area contributed by atoms with E-state index in [9.17, 15) is 4.79 Å². The number of anilines is 1. The molecule has 0 N–H and O–H groups in total. The molecule has 1 aliphatic heterocycles. The Hall–Kier alpha value is -0.940. The summed E-state index contributed by atoms with van der Waals surface area (Å²) in [4.78, 5) is 18.7. The third-order valence-electron chi connectivity index (χ3n) is 3.34. The zero-order chi connectivity index (χ0) is 13.1. The van der Waals surface area contributed by atoms with Crippen molar-refractivity contribution in [2.75, 3.05) is 18.1 Å². The molecule has 2 unspecified atom stereocenters. The van der Waals surface area contributed by atoms with Gasteiger partial charge in [0.05, 0.1) is 29.3 Å². The molecule has 0 saturated carbocycles. The van der Waals surface area contributed by atoms with Crippen LogP contribution in [0.3, 0.4) is 0 Å².